The van der Waals surface area contributed by atoms with Crippen molar-refractivity contribution in [1.82, 2.24) is 9.38 Å². The van der Waals surface area contributed by atoms with Crippen LogP contribution in [0, 0.1) is 0 Å². The first kappa shape index (κ1) is 12.8. The Bertz CT molecular complexity index is 569. The van der Waals surface area contributed by atoms with Gasteiger partial charge >= 0.3 is 0 Å². The molecule has 2 aromatic heterocycles. The highest BCUT2D eigenvalue weighted by molar-refractivity contribution is 6.17. The molecule has 0 saturated carbocycles. The second-order valence-electron chi connectivity index (χ2n) is 4.93. The number of hydrogen-bond donors (Lipinski definition) is 0. The number of pyridine rings is 1. The van der Waals surface area contributed by atoms with Crippen molar-refractivity contribution in [3.63, 3.8) is 0 Å². The van der Waals surface area contributed by atoms with E-state index in [1.807, 2.05) is 24.4 Å². The summed E-state index contributed by atoms with van der Waals surface area (Å²) in [5.74, 6) is 1.46. The van der Waals surface area contributed by atoms with Gasteiger partial charge < -0.3 is 14.0 Å². The van der Waals surface area contributed by atoms with Gasteiger partial charge in [-0.05, 0) is 25.5 Å². The van der Waals surface area contributed by atoms with E-state index in [4.69, 9.17) is 21.3 Å². The summed E-state index contributed by atoms with van der Waals surface area (Å²) in [7, 11) is 0. The molecule has 5 heteroatoms. The number of rotatable bonds is 2. The van der Waals surface area contributed by atoms with Gasteiger partial charge in [0.25, 0.3) is 0 Å². The van der Waals surface area contributed by atoms with Crippen LogP contribution in [0.2, 0.25) is 0 Å². The summed E-state index contributed by atoms with van der Waals surface area (Å²) in [6.07, 6.45) is 3.27. The Hall–Kier alpha value is -1.26. The van der Waals surface area contributed by atoms with E-state index in [2.05, 4.69) is 16.2 Å². The molecule has 0 amide bonds. The van der Waals surface area contributed by atoms with Crippen LogP contribution in [0.1, 0.15) is 19.0 Å². The van der Waals surface area contributed by atoms with E-state index in [-0.39, 0.29) is 6.10 Å². The van der Waals surface area contributed by atoms with Crippen LogP contribution in [-0.4, -0.2) is 35.2 Å². The monoisotopic (exact) mass is 279 g/mol. The van der Waals surface area contributed by atoms with Gasteiger partial charge in [0.2, 0.25) is 0 Å². The summed E-state index contributed by atoms with van der Waals surface area (Å²) in [5, 5.41) is 0. The molecule has 102 valence electrons. The lowest BCUT2D eigenvalue weighted by Crippen LogP contribution is -2.31. The van der Waals surface area contributed by atoms with Crippen LogP contribution in [0.3, 0.4) is 0 Å². The lowest BCUT2D eigenvalue weighted by atomic mass is 10.3. The minimum absolute atomic E-state index is 0.232. The topological polar surface area (TPSA) is 29.8 Å². The minimum Gasteiger partial charge on any atom is -0.377 e. The number of fused-ring (bicyclic) bond motifs is 1. The number of halogens is 1. The third kappa shape index (κ3) is 2.42. The first-order valence-corrected chi connectivity index (χ1v) is 7.21. The summed E-state index contributed by atoms with van der Waals surface area (Å²) in [6.45, 7) is 4.77. The Morgan fingerprint density at radius 2 is 2.37 bits per heavy atom. The van der Waals surface area contributed by atoms with Crippen molar-refractivity contribution in [2.24, 2.45) is 0 Å². The zero-order valence-corrected chi connectivity index (χ0v) is 11.8. The van der Waals surface area contributed by atoms with Gasteiger partial charge in [-0.1, -0.05) is 6.07 Å². The van der Waals surface area contributed by atoms with Crippen LogP contribution in [-0.2, 0) is 10.6 Å². The van der Waals surface area contributed by atoms with Gasteiger partial charge in [0.1, 0.15) is 5.65 Å². The maximum Gasteiger partial charge on any atom is 0.152 e. The largest absolute Gasteiger partial charge is 0.377 e. The number of alkyl halides is 1. The maximum absolute atomic E-state index is 6.13. The highest BCUT2D eigenvalue weighted by Crippen LogP contribution is 2.25. The third-order valence-electron chi connectivity index (χ3n) is 3.49. The maximum atomic E-state index is 6.13. The van der Waals surface area contributed by atoms with Gasteiger partial charge in [-0.2, -0.15) is 0 Å². The van der Waals surface area contributed by atoms with Gasteiger partial charge in [0, 0.05) is 25.9 Å². The fourth-order valence-corrected chi connectivity index (χ4v) is 2.85. The molecule has 1 saturated heterocycles. The van der Waals surface area contributed by atoms with E-state index in [0.29, 0.717) is 5.88 Å². The first-order valence-electron chi connectivity index (χ1n) is 6.68. The summed E-state index contributed by atoms with van der Waals surface area (Å²) < 4.78 is 7.76. The number of ether oxygens (including phenoxy) is 1. The Morgan fingerprint density at radius 1 is 1.47 bits per heavy atom. The van der Waals surface area contributed by atoms with Gasteiger partial charge in [0.05, 0.1) is 17.7 Å². The fourth-order valence-electron chi connectivity index (χ4n) is 2.60. The van der Waals surface area contributed by atoms with E-state index < -0.39 is 0 Å². The molecule has 19 heavy (non-hydrogen) atoms. The van der Waals surface area contributed by atoms with Crippen molar-refractivity contribution < 1.29 is 4.74 Å². The highest BCUT2D eigenvalue weighted by Gasteiger charge is 2.21. The lowest BCUT2D eigenvalue weighted by molar-refractivity contribution is 0.0820. The van der Waals surface area contributed by atoms with Crippen LogP contribution < -0.4 is 4.90 Å². The van der Waals surface area contributed by atoms with Gasteiger partial charge in [0.15, 0.2) is 5.82 Å². The van der Waals surface area contributed by atoms with Crippen molar-refractivity contribution in [2.75, 3.05) is 24.6 Å². The zero-order valence-electron chi connectivity index (χ0n) is 11.1. The second-order valence-corrected chi connectivity index (χ2v) is 5.19. The minimum atomic E-state index is 0.232. The van der Waals surface area contributed by atoms with E-state index in [1.165, 1.54) is 0 Å². The standard InChI is InChI=1S/C14H18ClN3O/c1-11-10-17(6-4-8-19-11)14-12(9-15)18-7-3-2-5-13(18)16-14/h2-3,5,7,11H,4,6,8-10H2,1H3. The molecule has 4 nitrogen and oxygen atoms in total. The van der Waals surface area contributed by atoms with E-state index in [0.717, 1.165) is 43.3 Å². The molecule has 3 rings (SSSR count). The normalized spacial score (nSPS) is 20.7. The molecule has 1 aliphatic heterocycles. The average molecular weight is 280 g/mol. The molecule has 0 bridgehead atoms. The molecular formula is C14H18ClN3O. The summed E-state index contributed by atoms with van der Waals surface area (Å²) in [6, 6.07) is 6.01. The van der Waals surface area contributed by atoms with E-state index >= 15 is 0 Å². The Kier molecular flexibility index (Phi) is 3.62. The molecule has 1 atom stereocenters. The van der Waals surface area contributed by atoms with Gasteiger partial charge in [-0.25, -0.2) is 4.98 Å². The molecule has 3 heterocycles. The fraction of sp³-hybridized carbons (Fsp3) is 0.500. The van der Waals surface area contributed by atoms with Crippen LogP contribution >= 0.6 is 11.6 Å². The number of aromatic nitrogens is 2. The number of anilines is 1. The van der Waals surface area contributed by atoms with Crippen LogP contribution in [0.5, 0.6) is 0 Å². The molecule has 1 aliphatic rings. The van der Waals surface area contributed by atoms with Crippen LogP contribution in [0.25, 0.3) is 5.65 Å². The van der Waals surface area contributed by atoms with Crippen LogP contribution in [0.4, 0.5) is 5.82 Å². The van der Waals surface area contributed by atoms with Crippen molar-refractivity contribution >= 4 is 23.1 Å². The predicted molar refractivity (Wildman–Crippen MR) is 77.0 cm³/mol. The molecule has 2 aromatic rings. The molecule has 0 radical (unpaired) electrons. The smallest absolute Gasteiger partial charge is 0.152 e. The van der Waals surface area contributed by atoms with Crippen molar-refractivity contribution in [3.8, 4) is 0 Å². The molecule has 0 N–H and O–H groups in total. The van der Waals surface area contributed by atoms with Crippen molar-refractivity contribution in [3.05, 3.63) is 30.1 Å². The van der Waals surface area contributed by atoms with Crippen molar-refractivity contribution in [2.45, 2.75) is 25.3 Å². The molecule has 1 unspecified atom stereocenters. The van der Waals surface area contributed by atoms with E-state index in [1.54, 1.807) is 0 Å². The number of hydrogen-bond acceptors (Lipinski definition) is 3. The van der Waals surface area contributed by atoms with Gasteiger partial charge in [-0.15, -0.1) is 11.6 Å². The predicted octanol–water partition coefficient (Wildman–Crippen LogP) is 2.69. The Balaban J connectivity index is 2.03. The lowest BCUT2D eigenvalue weighted by Gasteiger charge is -2.22. The SMILES string of the molecule is CC1CN(c2nc3ccccn3c2CCl)CCCO1. The molecule has 1 fully saturated rings. The van der Waals surface area contributed by atoms with Crippen molar-refractivity contribution in [1.29, 1.82) is 0 Å². The molecule has 0 aromatic carbocycles. The van der Waals surface area contributed by atoms with E-state index in [9.17, 15) is 0 Å². The number of nitrogens with zero attached hydrogens (tertiary/aromatic N) is 3. The second kappa shape index (κ2) is 5.39. The summed E-state index contributed by atoms with van der Waals surface area (Å²) in [4.78, 5) is 7.03. The summed E-state index contributed by atoms with van der Waals surface area (Å²) in [5.41, 5.74) is 2.01. The van der Waals surface area contributed by atoms with Gasteiger partial charge in [-0.3, -0.25) is 0 Å². The molecule has 0 aliphatic carbocycles. The Morgan fingerprint density at radius 3 is 3.21 bits per heavy atom. The molecule has 0 spiro atoms. The number of imidazole rings is 1. The highest BCUT2D eigenvalue weighted by atomic mass is 35.5. The first-order chi connectivity index (χ1) is 9.29. The molecular weight excluding hydrogens is 262 g/mol. The van der Waals surface area contributed by atoms with Crippen LogP contribution in [0.15, 0.2) is 24.4 Å². The average Bonchev–Trinajstić information content (AvgIpc) is 2.66. The zero-order chi connectivity index (χ0) is 13.2. The Labute approximate surface area is 117 Å². The summed E-state index contributed by atoms with van der Waals surface area (Å²) >= 11 is 6.13. The third-order valence-corrected chi connectivity index (χ3v) is 3.74. The quantitative estimate of drug-likeness (QED) is 0.792.